The van der Waals surface area contributed by atoms with Crippen molar-refractivity contribution in [2.45, 2.75) is 6.92 Å². The molecule has 10 nitrogen and oxygen atoms in total. The smallest absolute Gasteiger partial charge is 0.334 e. The fourth-order valence-corrected chi connectivity index (χ4v) is 2.55. The van der Waals surface area contributed by atoms with E-state index in [0.717, 1.165) is 11.9 Å². The van der Waals surface area contributed by atoms with Crippen LogP contribution in [0.25, 0.3) is 0 Å². The van der Waals surface area contributed by atoms with Crippen molar-refractivity contribution in [2.75, 3.05) is 10.7 Å². The summed E-state index contributed by atoms with van der Waals surface area (Å²) in [5.41, 5.74) is 6.11. The van der Waals surface area contributed by atoms with Gasteiger partial charge < -0.3 is 5.32 Å². The number of carbonyl (C=O) groups excluding carboxylic acids is 1. The van der Waals surface area contributed by atoms with Crippen LogP contribution >= 0.6 is 11.6 Å². The molecule has 0 bridgehead atoms. The molecular formula is C17H14ClN7O3. The molecule has 3 aromatic rings. The van der Waals surface area contributed by atoms with Gasteiger partial charge in [0.05, 0.1) is 4.92 Å². The van der Waals surface area contributed by atoms with Crippen LogP contribution in [0, 0.1) is 17.0 Å². The molecule has 0 atom stereocenters. The van der Waals surface area contributed by atoms with E-state index in [1.54, 1.807) is 25.1 Å². The lowest BCUT2D eigenvalue weighted by Gasteiger charge is -2.12. The van der Waals surface area contributed by atoms with Crippen LogP contribution in [0.15, 0.2) is 49.1 Å². The molecule has 3 rings (SSSR count). The van der Waals surface area contributed by atoms with E-state index in [1.807, 2.05) is 0 Å². The fourth-order valence-electron chi connectivity index (χ4n) is 2.32. The van der Waals surface area contributed by atoms with Gasteiger partial charge in [-0.25, -0.2) is 9.97 Å². The molecule has 0 aliphatic carbocycles. The van der Waals surface area contributed by atoms with Gasteiger partial charge in [0, 0.05) is 28.7 Å². The van der Waals surface area contributed by atoms with Gasteiger partial charge in [-0.1, -0.05) is 11.6 Å². The number of rotatable bonds is 6. The maximum atomic E-state index is 12.1. The first-order chi connectivity index (χ1) is 13.5. The Morgan fingerprint density at radius 1 is 1.14 bits per heavy atom. The van der Waals surface area contributed by atoms with Gasteiger partial charge in [0.2, 0.25) is 11.6 Å². The van der Waals surface area contributed by atoms with Crippen LogP contribution in [0.3, 0.4) is 0 Å². The van der Waals surface area contributed by atoms with Crippen LogP contribution in [0.1, 0.15) is 15.9 Å². The Bertz CT molecular complexity index is 1030. The zero-order chi connectivity index (χ0) is 20.1. The molecule has 1 amide bonds. The number of nitrogens with one attached hydrogen (secondary N) is 3. The molecule has 0 spiro atoms. The fraction of sp³-hybridized carbons (Fsp3) is 0.0588. The molecule has 11 heteroatoms. The number of amides is 1. The zero-order valence-corrected chi connectivity index (χ0v) is 15.3. The number of hydrazine groups is 1. The van der Waals surface area contributed by atoms with Gasteiger partial charge in [0.25, 0.3) is 5.91 Å². The van der Waals surface area contributed by atoms with Gasteiger partial charge in [-0.15, -0.1) is 0 Å². The van der Waals surface area contributed by atoms with Crippen molar-refractivity contribution >= 4 is 40.5 Å². The SMILES string of the molecule is Cc1cc(Cl)ccc1Nc1ncnc(NNC(=O)c2ccncc2)c1[N+](=O)[O-]. The molecule has 142 valence electrons. The number of nitrogens with zero attached hydrogens (tertiary/aromatic N) is 4. The molecule has 2 heterocycles. The number of carbonyl (C=O) groups is 1. The molecule has 2 aromatic heterocycles. The molecule has 0 saturated carbocycles. The summed E-state index contributed by atoms with van der Waals surface area (Å²) in [6, 6.07) is 8.05. The highest BCUT2D eigenvalue weighted by atomic mass is 35.5. The Morgan fingerprint density at radius 2 is 1.86 bits per heavy atom. The quantitative estimate of drug-likeness (QED) is 0.424. The normalized spacial score (nSPS) is 10.2. The molecule has 0 aliphatic heterocycles. The predicted molar refractivity (Wildman–Crippen MR) is 103 cm³/mol. The first-order valence-corrected chi connectivity index (χ1v) is 8.32. The summed E-state index contributed by atoms with van der Waals surface area (Å²) in [5, 5.41) is 15.0. The van der Waals surface area contributed by atoms with Crippen molar-refractivity contribution in [1.82, 2.24) is 20.4 Å². The first kappa shape index (κ1) is 19.0. The third-order valence-electron chi connectivity index (χ3n) is 3.68. The van der Waals surface area contributed by atoms with Crippen molar-refractivity contribution in [1.29, 1.82) is 0 Å². The predicted octanol–water partition coefficient (Wildman–Crippen LogP) is 3.24. The standard InChI is InChI=1S/C17H14ClN7O3/c1-10-8-12(18)2-3-13(10)22-15-14(25(27)28)16(21-9-20-15)23-24-17(26)11-4-6-19-7-5-11/h2-9H,1H3,(H,24,26)(H2,20,21,22,23). The Labute approximate surface area is 164 Å². The van der Waals surface area contributed by atoms with Crippen molar-refractivity contribution in [2.24, 2.45) is 0 Å². The Hall–Kier alpha value is -3.79. The van der Waals surface area contributed by atoms with Crippen molar-refractivity contribution in [3.8, 4) is 0 Å². The summed E-state index contributed by atoms with van der Waals surface area (Å²) in [5.74, 6) is -0.707. The van der Waals surface area contributed by atoms with E-state index >= 15 is 0 Å². The number of hydrogen-bond acceptors (Lipinski definition) is 8. The maximum absolute atomic E-state index is 12.1. The van der Waals surface area contributed by atoms with Gasteiger partial charge in [0.15, 0.2) is 0 Å². The summed E-state index contributed by atoms with van der Waals surface area (Å²) < 4.78 is 0. The summed E-state index contributed by atoms with van der Waals surface area (Å²) >= 11 is 5.93. The second-order valence-electron chi connectivity index (χ2n) is 5.58. The van der Waals surface area contributed by atoms with Gasteiger partial charge in [0.1, 0.15) is 6.33 Å². The minimum absolute atomic E-state index is 0.0360. The van der Waals surface area contributed by atoms with Crippen molar-refractivity contribution < 1.29 is 9.72 Å². The number of hydrogen-bond donors (Lipinski definition) is 3. The minimum Gasteiger partial charge on any atom is -0.334 e. The van der Waals surface area contributed by atoms with Crippen molar-refractivity contribution in [3.63, 3.8) is 0 Å². The topological polar surface area (TPSA) is 135 Å². The average Bonchev–Trinajstić information content (AvgIpc) is 2.68. The van der Waals surface area contributed by atoms with E-state index < -0.39 is 16.5 Å². The first-order valence-electron chi connectivity index (χ1n) is 7.94. The van der Waals surface area contributed by atoms with Crippen LogP contribution < -0.4 is 16.2 Å². The molecule has 0 radical (unpaired) electrons. The number of halogens is 1. The van der Waals surface area contributed by atoms with Crippen molar-refractivity contribution in [3.05, 3.63) is 75.3 Å². The molecule has 0 unspecified atom stereocenters. The lowest BCUT2D eigenvalue weighted by molar-refractivity contribution is -0.383. The lowest BCUT2D eigenvalue weighted by atomic mass is 10.2. The average molecular weight is 400 g/mol. The number of aromatic nitrogens is 3. The monoisotopic (exact) mass is 399 g/mol. The molecule has 0 aliphatic rings. The second-order valence-corrected chi connectivity index (χ2v) is 6.01. The number of benzene rings is 1. The Kier molecular flexibility index (Phi) is 5.61. The van der Waals surface area contributed by atoms with Crippen LogP contribution in [0.5, 0.6) is 0 Å². The van der Waals surface area contributed by atoms with Gasteiger partial charge in [-0.3, -0.25) is 30.7 Å². The second kappa shape index (κ2) is 8.27. The van der Waals surface area contributed by atoms with E-state index in [1.165, 1.54) is 24.5 Å². The van der Waals surface area contributed by atoms with E-state index in [2.05, 4.69) is 31.1 Å². The Balaban J connectivity index is 1.85. The third-order valence-corrected chi connectivity index (χ3v) is 3.92. The third kappa shape index (κ3) is 4.30. The summed E-state index contributed by atoms with van der Waals surface area (Å²) in [6.45, 7) is 1.80. The highest BCUT2D eigenvalue weighted by Gasteiger charge is 2.24. The Morgan fingerprint density at radius 3 is 2.54 bits per heavy atom. The molecule has 0 fully saturated rings. The van der Waals surface area contributed by atoms with Gasteiger partial charge in [-0.2, -0.15) is 0 Å². The van der Waals surface area contributed by atoms with E-state index in [9.17, 15) is 14.9 Å². The summed E-state index contributed by atoms with van der Waals surface area (Å²) in [4.78, 5) is 34.7. The van der Waals surface area contributed by atoms with E-state index in [0.29, 0.717) is 16.3 Å². The minimum atomic E-state index is -0.644. The van der Waals surface area contributed by atoms with Gasteiger partial charge >= 0.3 is 5.69 Å². The van der Waals surface area contributed by atoms with Crippen LogP contribution in [0.2, 0.25) is 5.02 Å². The number of aryl methyl sites for hydroxylation is 1. The molecular weight excluding hydrogens is 386 g/mol. The lowest BCUT2D eigenvalue weighted by Crippen LogP contribution is -2.30. The highest BCUT2D eigenvalue weighted by molar-refractivity contribution is 6.30. The number of pyridine rings is 1. The number of nitro groups is 1. The van der Waals surface area contributed by atoms with Crippen LogP contribution in [-0.4, -0.2) is 25.8 Å². The molecule has 3 N–H and O–H groups in total. The zero-order valence-electron chi connectivity index (χ0n) is 14.5. The highest BCUT2D eigenvalue weighted by Crippen LogP contribution is 2.32. The van der Waals surface area contributed by atoms with Gasteiger partial charge in [-0.05, 0) is 42.8 Å². The summed E-state index contributed by atoms with van der Waals surface area (Å²) in [6.07, 6.45) is 4.05. The summed E-state index contributed by atoms with van der Waals surface area (Å²) in [7, 11) is 0. The molecule has 0 saturated heterocycles. The van der Waals surface area contributed by atoms with E-state index in [4.69, 9.17) is 11.6 Å². The largest absolute Gasteiger partial charge is 0.355 e. The van der Waals surface area contributed by atoms with E-state index in [-0.39, 0.29) is 11.6 Å². The molecule has 1 aromatic carbocycles. The van der Waals surface area contributed by atoms with Crippen LogP contribution in [-0.2, 0) is 0 Å². The number of anilines is 3. The van der Waals surface area contributed by atoms with Crippen LogP contribution in [0.4, 0.5) is 23.0 Å². The maximum Gasteiger partial charge on any atom is 0.355 e. The molecule has 28 heavy (non-hydrogen) atoms.